The van der Waals surface area contributed by atoms with Crippen molar-refractivity contribution in [2.24, 2.45) is 5.73 Å². The van der Waals surface area contributed by atoms with Crippen molar-refractivity contribution < 1.29 is 0 Å². The highest BCUT2D eigenvalue weighted by atomic mass is 15.1. The van der Waals surface area contributed by atoms with Crippen molar-refractivity contribution in [3.8, 4) is 0 Å². The molecule has 0 aromatic carbocycles. The number of aromatic amines is 1. The summed E-state index contributed by atoms with van der Waals surface area (Å²) in [6.07, 6.45) is 7.11. The molecule has 0 radical (unpaired) electrons. The molecule has 3 heteroatoms. The monoisotopic (exact) mass is 179 g/mol. The molecular formula is C10H17N3. The first-order valence-electron chi connectivity index (χ1n) is 5.17. The average molecular weight is 179 g/mol. The summed E-state index contributed by atoms with van der Waals surface area (Å²) in [5.41, 5.74) is 9.62. The number of aryl methyl sites for hydroxylation is 2. The summed E-state index contributed by atoms with van der Waals surface area (Å²) in [7, 11) is 0. The van der Waals surface area contributed by atoms with Crippen LogP contribution < -0.4 is 5.73 Å². The van der Waals surface area contributed by atoms with E-state index in [2.05, 4.69) is 10.2 Å². The highest BCUT2D eigenvalue weighted by molar-refractivity contribution is 5.29. The SMILES string of the molecule is NCCCCc1n[nH]c2c1CCC2. The number of hydrogen-bond donors (Lipinski definition) is 2. The zero-order valence-electron chi connectivity index (χ0n) is 7.97. The van der Waals surface area contributed by atoms with E-state index in [1.807, 2.05) is 0 Å². The van der Waals surface area contributed by atoms with Crippen molar-refractivity contribution >= 4 is 0 Å². The lowest BCUT2D eigenvalue weighted by Crippen LogP contribution is -2.00. The van der Waals surface area contributed by atoms with Crippen molar-refractivity contribution in [1.29, 1.82) is 0 Å². The minimum atomic E-state index is 0.798. The number of aromatic nitrogens is 2. The molecule has 3 N–H and O–H groups in total. The molecule has 0 bridgehead atoms. The van der Waals surface area contributed by atoms with Crippen molar-refractivity contribution in [2.75, 3.05) is 6.54 Å². The van der Waals surface area contributed by atoms with Crippen LogP contribution in [0.25, 0.3) is 0 Å². The normalized spacial score (nSPS) is 14.8. The van der Waals surface area contributed by atoms with Gasteiger partial charge in [-0.2, -0.15) is 5.10 Å². The Morgan fingerprint density at radius 2 is 2.23 bits per heavy atom. The molecule has 13 heavy (non-hydrogen) atoms. The van der Waals surface area contributed by atoms with E-state index < -0.39 is 0 Å². The van der Waals surface area contributed by atoms with Gasteiger partial charge in [-0.1, -0.05) is 0 Å². The molecular weight excluding hydrogens is 162 g/mol. The molecule has 3 nitrogen and oxygen atoms in total. The molecule has 0 atom stereocenters. The molecule has 0 spiro atoms. The predicted octanol–water partition coefficient (Wildman–Crippen LogP) is 1.18. The maximum Gasteiger partial charge on any atom is 0.0656 e. The predicted molar refractivity (Wildman–Crippen MR) is 52.6 cm³/mol. The molecule has 0 unspecified atom stereocenters. The van der Waals surface area contributed by atoms with Gasteiger partial charge >= 0.3 is 0 Å². The van der Waals surface area contributed by atoms with Gasteiger partial charge in [0.2, 0.25) is 0 Å². The Morgan fingerprint density at radius 1 is 1.31 bits per heavy atom. The van der Waals surface area contributed by atoms with Crippen LogP contribution in [0.4, 0.5) is 0 Å². The second kappa shape index (κ2) is 3.92. The van der Waals surface area contributed by atoms with E-state index in [-0.39, 0.29) is 0 Å². The summed E-state index contributed by atoms with van der Waals surface area (Å²) in [6.45, 7) is 0.798. The van der Waals surface area contributed by atoms with Crippen molar-refractivity contribution in [3.05, 3.63) is 17.0 Å². The fourth-order valence-electron chi connectivity index (χ4n) is 2.03. The number of fused-ring (bicyclic) bond motifs is 1. The molecule has 2 rings (SSSR count). The van der Waals surface area contributed by atoms with Crippen LogP contribution in [-0.4, -0.2) is 16.7 Å². The van der Waals surface area contributed by atoms with Crippen molar-refractivity contribution in [2.45, 2.75) is 38.5 Å². The lowest BCUT2D eigenvalue weighted by atomic mass is 10.1. The Hall–Kier alpha value is -0.830. The molecule has 1 aromatic heterocycles. The van der Waals surface area contributed by atoms with Gasteiger partial charge in [-0.05, 0) is 50.6 Å². The molecule has 0 saturated carbocycles. The second-order valence-corrected chi connectivity index (χ2v) is 3.73. The average Bonchev–Trinajstić information content (AvgIpc) is 2.68. The minimum Gasteiger partial charge on any atom is -0.330 e. The Balaban J connectivity index is 1.96. The van der Waals surface area contributed by atoms with Crippen LogP contribution >= 0.6 is 0 Å². The van der Waals surface area contributed by atoms with Gasteiger partial charge in [-0.15, -0.1) is 0 Å². The van der Waals surface area contributed by atoms with Crippen molar-refractivity contribution in [3.63, 3.8) is 0 Å². The number of nitrogens with one attached hydrogen (secondary N) is 1. The summed E-state index contributed by atoms with van der Waals surface area (Å²) in [5, 5.41) is 7.48. The molecule has 1 aliphatic carbocycles. The highest BCUT2D eigenvalue weighted by Crippen LogP contribution is 2.23. The van der Waals surface area contributed by atoms with Crippen LogP contribution in [0.5, 0.6) is 0 Å². The number of nitrogens with two attached hydrogens (primary N) is 1. The van der Waals surface area contributed by atoms with Gasteiger partial charge in [-0.3, -0.25) is 5.10 Å². The molecule has 1 aliphatic rings. The second-order valence-electron chi connectivity index (χ2n) is 3.73. The Bertz CT molecular complexity index is 278. The maximum absolute atomic E-state index is 5.45. The van der Waals surface area contributed by atoms with Gasteiger partial charge in [0.05, 0.1) is 5.69 Å². The fourth-order valence-corrected chi connectivity index (χ4v) is 2.03. The van der Waals surface area contributed by atoms with E-state index in [0.717, 1.165) is 19.4 Å². The molecule has 0 amide bonds. The van der Waals surface area contributed by atoms with Gasteiger partial charge in [0, 0.05) is 5.69 Å². The number of unbranched alkanes of at least 4 members (excludes halogenated alkanes) is 1. The lowest BCUT2D eigenvalue weighted by Gasteiger charge is -1.97. The minimum absolute atomic E-state index is 0.798. The zero-order chi connectivity index (χ0) is 9.10. The van der Waals surface area contributed by atoms with Crippen LogP contribution in [0.15, 0.2) is 0 Å². The highest BCUT2D eigenvalue weighted by Gasteiger charge is 2.17. The number of H-pyrrole nitrogens is 1. The summed E-state index contributed by atoms with van der Waals surface area (Å²) in [6, 6.07) is 0. The van der Waals surface area contributed by atoms with Gasteiger partial charge < -0.3 is 5.73 Å². The van der Waals surface area contributed by atoms with Gasteiger partial charge in [-0.25, -0.2) is 0 Å². The lowest BCUT2D eigenvalue weighted by molar-refractivity contribution is 0.720. The van der Waals surface area contributed by atoms with Crippen LogP contribution in [0, 0.1) is 0 Å². The third-order valence-corrected chi connectivity index (χ3v) is 2.76. The fraction of sp³-hybridized carbons (Fsp3) is 0.700. The quantitative estimate of drug-likeness (QED) is 0.682. The van der Waals surface area contributed by atoms with Crippen LogP contribution in [0.1, 0.15) is 36.2 Å². The zero-order valence-corrected chi connectivity index (χ0v) is 7.97. The van der Waals surface area contributed by atoms with Crippen LogP contribution in [-0.2, 0) is 19.3 Å². The van der Waals surface area contributed by atoms with Crippen molar-refractivity contribution in [1.82, 2.24) is 10.2 Å². The Labute approximate surface area is 78.7 Å². The molecule has 1 heterocycles. The maximum atomic E-state index is 5.45. The Morgan fingerprint density at radius 3 is 3.08 bits per heavy atom. The van der Waals surface area contributed by atoms with E-state index in [9.17, 15) is 0 Å². The summed E-state index contributed by atoms with van der Waals surface area (Å²) < 4.78 is 0. The smallest absolute Gasteiger partial charge is 0.0656 e. The van der Waals surface area contributed by atoms with Gasteiger partial charge in [0.15, 0.2) is 0 Å². The molecule has 1 aromatic rings. The first-order valence-corrected chi connectivity index (χ1v) is 5.17. The largest absolute Gasteiger partial charge is 0.330 e. The van der Waals surface area contributed by atoms with E-state index in [4.69, 9.17) is 5.73 Å². The first kappa shape index (κ1) is 8.75. The van der Waals surface area contributed by atoms with Crippen LogP contribution in [0.3, 0.4) is 0 Å². The van der Waals surface area contributed by atoms with E-state index in [1.54, 1.807) is 0 Å². The number of hydrogen-bond acceptors (Lipinski definition) is 2. The van der Waals surface area contributed by atoms with E-state index >= 15 is 0 Å². The van der Waals surface area contributed by atoms with E-state index in [0.29, 0.717) is 0 Å². The number of nitrogens with zero attached hydrogens (tertiary/aromatic N) is 1. The van der Waals surface area contributed by atoms with Crippen LogP contribution in [0.2, 0.25) is 0 Å². The first-order chi connectivity index (χ1) is 6.42. The van der Waals surface area contributed by atoms with Gasteiger partial charge in [0.1, 0.15) is 0 Å². The summed E-state index contributed by atoms with van der Waals surface area (Å²) in [5.74, 6) is 0. The molecule has 0 fully saturated rings. The Kier molecular flexibility index (Phi) is 2.64. The number of rotatable bonds is 4. The standard InChI is InChI=1S/C10H17N3/c11-7-2-1-5-9-8-4-3-6-10(8)13-12-9/h1-7,11H2,(H,12,13). The summed E-state index contributed by atoms with van der Waals surface area (Å²) in [4.78, 5) is 0. The van der Waals surface area contributed by atoms with E-state index in [1.165, 1.54) is 42.6 Å². The topological polar surface area (TPSA) is 54.7 Å². The molecule has 0 saturated heterocycles. The summed E-state index contributed by atoms with van der Waals surface area (Å²) >= 11 is 0. The molecule has 72 valence electrons. The van der Waals surface area contributed by atoms with Gasteiger partial charge in [0.25, 0.3) is 0 Å². The third kappa shape index (κ3) is 1.75. The third-order valence-electron chi connectivity index (χ3n) is 2.76. The molecule has 0 aliphatic heterocycles.